The third-order valence-corrected chi connectivity index (χ3v) is 12.2. The average molecular weight is 397 g/mol. The van der Waals surface area contributed by atoms with Crippen LogP contribution >= 0.6 is 6.67 Å². The number of hydrogen-bond acceptors (Lipinski definition) is 5. The van der Waals surface area contributed by atoms with Gasteiger partial charge in [-0.05, 0) is 0 Å². The Morgan fingerprint density at radius 2 is 1.78 bits per heavy atom. The van der Waals surface area contributed by atoms with Crippen LogP contribution in [0.25, 0.3) is 0 Å². The zero-order chi connectivity index (χ0) is 13.4. The summed E-state index contributed by atoms with van der Waals surface area (Å²) in [6.07, 6.45) is 3.40. The van der Waals surface area contributed by atoms with Crippen LogP contribution in [0, 0.1) is 0 Å². The van der Waals surface area contributed by atoms with Gasteiger partial charge in [-0.25, -0.2) is 0 Å². The van der Waals surface area contributed by atoms with Crippen molar-refractivity contribution >= 4 is 17.1 Å². The Morgan fingerprint density at radius 1 is 1.17 bits per heavy atom. The van der Waals surface area contributed by atoms with Gasteiger partial charge in [-0.2, -0.15) is 0 Å². The zero-order valence-corrected chi connectivity index (χ0v) is 14.8. The van der Waals surface area contributed by atoms with Crippen molar-refractivity contribution in [2.75, 3.05) is 6.16 Å². The molecule has 18 heavy (non-hydrogen) atoms. The van der Waals surface area contributed by atoms with Gasteiger partial charge in [0.25, 0.3) is 0 Å². The molecule has 0 aliphatic carbocycles. The monoisotopic (exact) mass is 399 g/mol. The summed E-state index contributed by atoms with van der Waals surface area (Å²) in [6.45, 7) is 1.01. The van der Waals surface area contributed by atoms with Crippen LogP contribution in [-0.2, 0) is 52.5 Å². The summed E-state index contributed by atoms with van der Waals surface area (Å²) in [5, 5.41) is 0. The van der Waals surface area contributed by atoms with Crippen molar-refractivity contribution in [1.82, 2.24) is 0 Å². The molecule has 0 aromatic heterocycles. The molecule has 0 rings (SSSR count). The molecular weight excluding hydrogens is 378 g/mol. The molecule has 1 atom stereocenters. The smallest absolute Gasteiger partial charge is 0 e. The van der Waals surface area contributed by atoms with E-state index in [1.54, 1.807) is 0 Å². The van der Waals surface area contributed by atoms with Crippen molar-refractivity contribution in [3.8, 4) is 0 Å². The zero-order valence-electron chi connectivity index (χ0n) is 10.4. The fraction of sp³-hybridized carbons (Fsp3) is 0.800. The Kier molecular flexibility index (Phi) is 10.8. The minimum Gasteiger partial charge on any atom is 0 e. The van der Waals surface area contributed by atoms with Gasteiger partial charge >= 0.3 is 103 Å². The molecule has 0 heterocycles. The summed E-state index contributed by atoms with van der Waals surface area (Å²) in [5.74, 6) is 0. The van der Waals surface area contributed by atoms with Crippen molar-refractivity contribution in [3.63, 3.8) is 0 Å². The van der Waals surface area contributed by atoms with Crippen LogP contribution in [0.2, 0.25) is 0 Å². The Bertz CT molecular complexity index is 440. The van der Waals surface area contributed by atoms with Crippen LogP contribution in [-0.4, -0.2) is 16.6 Å². The van der Waals surface area contributed by atoms with Crippen LogP contribution in [0.3, 0.4) is 0 Å². The third-order valence-electron chi connectivity index (χ3n) is 2.23. The second kappa shape index (κ2) is 9.36. The number of rotatable bonds is 10. The number of carbonyl (C=O) groups excluding carboxylic acids is 2. The van der Waals surface area contributed by atoms with E-state index in [1.165, 1.54) is 0 Å². The third kappa shape index (κ3) is 8.53. The molecule has 1 radical (unpaired) electrons. The normalized spacial score (nSPS) is 12.3. The fourth-order valence-electron chi connectivity index (χ4n) is 1.18. The van der Waals surface area contributed by atoms with E-state index < -0.39 is 25.0 Å². The maximum Gasteiger partial charge on any atom is 0 e. The Labute approximate surface area is 121 Å². The molecule has 0 amide bonds. The molecule has 0 aliphatic rings. The topological polar surface area (TPSA) is 85.3 Å². The average Bonchev–Trinajstić information content (AvgIpc) is 2.24. The summed E-state index contributed by atoms with van der Waals surface area (Å²) < 4.78 is 33.7. The van der Waals surface area contributed by atoms with E-state index in [0.717, 1.165) is 6.29 Å². The predicted octanol–water partition coefficient (Wildman–Crippen LogP) is 2.39. The summed E-state index contributed by atoms with van der Waals surface area (Å²) in [7, 11) is 0. The molecular formula is C10H19MoO5PV. The molecule has 105 valence electrons. The molecule has 0 bridgehead atoms. The van der Waals surface area contributed by atoms with Gasteiger partial charge < -0.3 is 0 Å². The number of carbonyl (C=O) groups is 2. The van der Waals surface area contributed by atoms with Crippen molar-refractivity contribution < 1.29 is 52.5 Å². The van der Waals surface area contributed by atoms with E-state index in [1.807, 2.05) is 6.92 Å². The maximum atomic E-state index is 11.6. The van der Waals surface area contributed by atoms with E-state index in [9.17, 15) is 19.8 Å². The van der Waals surface area contributed by atoms with Gasteiger partial charge in [0, 0.05) is 18.6 Å². The molecule has 0 aromatic rings. The first-order chi connectivity index (χ1) is 7.82. The number of hydrogen-bond donors (Lipinski definition) is 0. The summed E-state index contributed by atoms with van der Waals surface area (Å²) in [4.78, 5) is 21.4. The van der Waals surface area contributed by atoms with Crippen LogP contribution in [0.15, 0.2) is 0 Å². The molecule has 0 saturated heterocycles. The summed E-state index contributed by atoms with van der Waals surface area (Å²) in [5.41, 5.74) is 0. The molecule has 0 aromatic carbocycles. The predicted molar refractivity (Wildman–Crippen MR) is 59.7 cm³/mol. The first-order valence-corrected chi connectivity index (χ1v) is 13.3. The molecule has 1 unspecified atom stereocenters. The van der Waals surface area contributed by atoms with Crippen molar-refractivity contribution in [2.24, 2.45) is 0 Å². The molecule has 5 nitrogen and oxygen atoms in total. The van der Waals surface area contributed by atoms with E-state index in [-0.39, 0.29) is 31.1 Å². The number of aldehydes is 1. The molecule has 0 aliphatic heterocycles. The first kappa shape index (κ1) is 20.8. The molecule has 8 heteroatoms. The SMILES string of the molecule is CCCC[C](=O)[Mo](=[O])(=[O])(=[O])[PH]CCCCC=O.[V]. The second-order valence-corrected chi connectivity index (χ2v) is 16.0. The Hall–Kier alpha value is 0.443. The summed E-state index contributed by atoms with van der Waals surface area (Å²) >= 11 is -6.55. The quantitative estimate of drug-likeness (QED) is 0.245. The molecule has 0 spiro atoms. The standard InChI is InChI=1S/C5H10OP.C5H9O.Mo.3O.V/c6-4-2-1-3-5-7;1-2-3-4-5-6;;;;;/h4,7H,1-3,5H2;2-4H2,1H3;;;;;/q-1;;+1;;;;. The fourth-order valence-corrected chi connectivity index (χ4v) is 8.76. The van der Waals surface area contributed by atoms with Crippen molar-refractivity contribution in [2.45, 2.75) is 45.4 Å². The van der Waals surface area contributed by atoms with Crippen LogP contribution < -0.4 is 0 Å². The van der Waals surface area contributed by atoms with Gasteiger partial charge in [0.15, 0.2) is 0 Å². The molecule has 0 fully saturated rings. The van der Waals surface area contributed by atoms with Gasteiger partial charge in [-0.15, -0.1) is 0 Å². The first-order valence-electron chi connectivity index (χ1n) is 5.67. The van der Waals surface area contributed by atoms with Gasteiger partial charge in [0.1, 0.15) is 0 Å². The van der Waals surface area contributed by atoms with E-state index in [0.29, 0.717) is 32.1 Å². The van der Waals surface area contributed by atoms with E-state index >= 15 is 0 Å². The molecule has 0 saturated carbocycles. The van der Waals surface area contributed by atoms with E-state index in [2.05, 4.69) is 0 Å². The van der Waals surface area contributed by atoms with Crippen molar-refractivity contribution in [3.05, 3.63) is 0 Å². The van der Waals surface area contributed by atoms with E-state index in [4.69, 9.17) is 0 Å². The van der Waals surface area contributed by atoms with Crippen LogP contribution in [0.5, 0.6) is 0 Å². The Morgan fingerprint density at radius 3 is 2.28 bits per heavy atom. The number of unbranched alkanes of at least 4 members (excludes halogenated alkanes) is 3. The van der Waals surface area contributed by atoms with Gasteiger partial charge in [-0.3, -0.25) is 0 Å². The van der Waals surface area contributed by atoms with Crippen LogP contribution in [0.1, 0.15) is 45.4 Å². The second-order valence-electron chi connectivity index (χ2n) is 3.84. The Balaban J connectivity index is 0. The van der Waals surface area contributed by atoms with Crippen LogP contribution in [0.4, 0.5) is 0 Å². The summed E-state index contributed by atoms with van der Waals surface area (Å²) in [6, 6.07) is 0. The molecule has 0 N–H and O–H groups in total. The maximum absolute atomic E-state index is 11.6. The minimum absolute atomic E-state index is 0. The largest absolute Gasteiger partial charge is 0 e. The van der Waals surface area contributed by atoms with Crippen molar-refractivity contribution in [1.29, 1.82) is 0 Å². The van der Waals surface area contributed by atoms with Gasteiger partial charge in [-0.1, -0.05) is 0 Å². The van der Waals surface area contributed by atoms with Gasteiger partial charge in [0.2, 0.25) is 0 Å². The van der Waals surface area contributed by atoms with Gasteiger partial charge in [0.05, 0.1) is 0 Å². The minimum atomic E-state index is -6.55.